The molecule has 7 heteroatoms. The zero-order valence-electron chi connectivity index (χ0n) is 10.3. The van der Waals surface area contributed by atoms with Crippen molar-refractivity contribution in [1.82, 2.24) is 15.1 Å². The van der Waals surface area contributed by atoms with Gasteiger partial charge in [-0.3, -0.25) is 19.6 Å². The van der Waals surface area contributed by atoms with Gasteiger partial charge in [0, 0.05) is 6.04 Å². The molecule has 0 fully saturated rings. The van der Waals surface area contributed by atoms with Crippen LogP contribution in [-0.2, 0) is 4.79 Å². The average molecular weight is 240 g/mol. The second kappa shape index (κ2) is 4.94. The van der Waals surface area contributed by atoms with Crippen molar-refractivity contribution in [1.29, 1.82) is 0 Å². The molecule has 0 aromatic carbocycles. The molecule has 1 unspecified atom stereocenters. The Bertz CT molecular complexity index is 439. The lowest BCUT2D eigenvalue weighted by molar-refractivity contribution is -0.385. The van der Waals surface area contributed by atoms with E-state index in [2.05, 4.69) is 10.4 Å². The fourth-order valence-electron chi connectivity index (χ4n) is 1.37. The molecule has 1 N–H and O–H groups in total. The normalized spacial score (nSPS) is 12.5. The second-order valence-electron chi connectivity index (χ2n) is 4.18. The van der Waals surface area contributed by atoms with E-state index in [-0.39, 0.29) is 17.6 Å². The van der Waals surface area contributed by atoms with Crippen molar-refractivity contribution in [3.05, 3.63) is 22.0 Å². The predicted octanol–water partition coefficient (Wildman–Crippen LogP) is 1.19. The quantitative estimate of drug-likeness (QED) is 0.632. The summed E-state index contributed by atoms with van der Waals surface area (Å²) < 4.78 is 1.31. The van der Waals surface area contributed by atoms with Crippen LogP contribution in [0.15, 0.2) is 6.20 Å². The number of aryl methyl sites for hydroxylation is 1. The third-order valence-corrected chi connectivity index (χ3v) is 2.29. The van der Waals surface area contributed by atoms with Crippen LogP contribution < -0.4 is 5.32 Å². The molecule has 1 aromatic heterocycles. The first kappa shape index (κ1) is 13.1. The summed E-state index contributed by atoms with van der Waals surface area (Å²) in [5.74, 6) is -0.211. The molecule has 1 rings (SSSR count). The van der Waals surface area contributed by atoms with Crippen molar-refractivity contribution in [3.8, 4) is 0 Å². The molecular formula is C10H16N4O3. The molecule has 17 heavy (non-hydrogen) atoms. The van der Waals surface area contributed by atoms with Gasteiger partial charge < -0.3 is 5.32 Å². The Kier molecular flexibility index (Phi) is 3.82. The molecule has 1 heterocycles. The van der Waals surface area contributed by atoms with Gasteiger partial charge in [0.1, 0.15) is 17.9 Å². The lowest BCUT2D eigenvalue weighted by atomic mass is 10.3. The van der Waals surface area contributed by atoms with E-state index >= 15 is 0 Å². The van der Waals surface area contributed by atoms with Crippen LogP contribution in [0, 0.1) is 17.0 Å². The summed E-state index contributed by atoms with van der Waals surface area (Å²) in [6.07, 6.45) is 1.28. The number of nitrogens with zero attached hydrogens (tertiary/aromatic N) is 3. The van der Waals surface area contributed by atoms with E-state index in [0.29, 0.717) is 5.69 Å². The highest BCUT2D eigenvalue weighted by Crippen LogP contribution is 2.18. The van der Waals surface area contributed by atoms with E-state index in [9.17, 15) is 14.9 Å². The molecule has 1 amide bonds. The Morgan fingerprint density at radius 1 is 1.53 bits per heavy atom. The Morgan fingerprint density at radius 2 is 2.12 bits per heavy atom. The Balaban J connectivity index is 2.89. The van der Waals surface area contributed by atoms with Gasteiger partial charge in [-0.15, -0.1) is 0 Å². The molecule has 0 aliphatic rings. The van der Waals surface area contributed by atoms with Crippen LogP contribution in [0.1, 0.15) is 32.5 Å². The molecule has 94 valence electrons. The Morgan fingerprint density at radius 3 is 2.53 bits per heavy atom. The van der Waals surface area contributed by atoms with Gasteiger partial charge in [-0.1, -0.05) is 0 Å². The lowest BCUT2D eigenvalue weighted by Gasteiger charge is -2.14. The first-order valence-electron chi connectivity index (χ1n) is 5.33. The summed E-state index contributed by atoms with van der Waals surface area (Å²) in [6, 6.07) is -0.540. The summed E-state index contributed by atoms with van der Waals surface area (Å²) in [7, 11) is 0. The minimum atomic E-state index is -0.565. The molecule has 1 aromatic rings. The third-order valence-electron chi connectivity index (χ3n) is 2.29. The number of hydrogen-bond acceptors (Lipinski definition) is 4. The Labute approximate surface area is 99.0 Å². The number of carbonyl (C=O) groups is 1. The summed E-state index contributed by atoms with van der Waals surface area (Å²) in [5.41, 5.74) is 0.230. The van der Waals surface area contributed by atoms with E-state index < -0.39 is 11.0 Å². The van der Waals surface area contributed by atoms with E-state index in [1.165, 1.54) is 10.9 Å². The molecule has 0 saturated carbocycles. The van der Waals surface area contributed by atoms with Crippen molar-refractivity contribution in [2.45, 2.75) is 39.8 Å². The van der Waals surface area contributed by atoms with Crippen LogP contribution in [0.4, 0.5) is 5.69 Å². The molecule has 0 spiro atoms. The van der Waals surface area contributed by atoms with Crippen molar-refractivity contribution in [2.24, 2.45) is 0 Å². The van der Waals surface area contributed by atoms with Crippen molar-refractivity contribution >= 4 is 11.6 Å². The summed E-state index contributed by atoms with van der Waals surface area (Å²) in [4.78, 5) is 21.9. The minimum absolute atomic E-state index is 0.0246. The fraction of sp³-hybridized carbons (Fsp3) is 0.600. The van der Waals surface area contributed by atoms with E-state index in [1.54, 1.807) is 13.8 Å². The van der Waals surface area contributed by atoms with Crippen molar-refractivity contribution < 1.29 is 9.72 Å². The van der Waals surface area contributed by atoms with Gasteiger partial charge in [-0.25, -0.2) is 0 Å². The minimum Gasteiger partial charge on any atom is -0.352 e. The summed E-state index contributed by atoms with van der Waals surface area (Å²) >= 11 is 0. The number of nitrogens with one attached hydrogen (secondary N) is 1. The van der Waals surface area contributed by atoms with Crippen LogP contribution in [0.3, 0.4) is 0 Å². The van der Waals surface area contributed by atoms with Gasteiger partial charge in [0.05, 0.1) is 4.92 Å². The summed E-state index contributed by atoms with van der Waals surface area (Å²) in [5, 5.41) is 17.4. The van der Waals surface area contributed by atoms with Gasteiger partial charge >= 0.3 is 5.69 Å². The van der Waals surface area contributed by atoms with Gasteiger partial charge in [0.15, 0.2) is 0 Å². The highest BCUT2D eigenvalue weighted by Gasteiger charge is 2.22. The molecular weight excluding hydrogens is 224 g/mol. The van der Waals surface area contributed by atoms with Crippen LogP contribution in [0.25, 0.3) is 0 Å². The van der Waals surface area contributed by atoms with Crippen LogP contribution in [0.2, 0.25) is 0 Å². The first-order valence-corrected chi connectivity index (χ1v) is 5.33. The zero-order chi connectivity index (χ0) is 13.2. The van der Waals surface area contributed by atoms with Gasteiger partial charge in [-0.05, 0) is 27.7 Å². The number of nitro groups is 1. The maximum absolute atomic E-state index is 11.7. The molecule has 7 nitrogen and oxygen atoms in total. The Hall–Kier alpha value is -1.92. The van der Waals surface area contributed by atoms with Crippen molar-refractivity contribution in [3.63, 3.8) is 0 Å². The molecule has 0 aliphatic carbocycles. The standard InChI is InChI=1S/C10H16N4O3/c1-6(2)11-10(15)8(4)13-5-9(14(16)17)7(3)12-13/h5-6,8H,1-4H3,(H,11,15). The number of carbonyl (C=O) groups excluding carboxylic acids is 1. The third kappa shape index (κ3) is 3.02. The molecule has 1 atom stereocenters. The second-order valence-corrected chi connectivity index (χ2v) is 4.18. The van der Waals surface area contributed by atoms with Crippen LogP contribution in [-0.4, -0.2) is 26.7 Å². The molecule has 0 radical (unpaired) electrons. The number of rotatable bonds is 4. The fourth-order valence-corrected chi connectivity index (χ4v) is 1.37. The zero-order valence-corrected chi connectivity index (χ0v) is 10.3. The van der Waals surface area contributed by atoms with Gasteiger partial charge in [0.25, 0.3) is 0 Å². The molecule has 0 saturated heterocycles. The largest absolute Gasteiger partial charge is 0.352 e. The highest BCUT2D eigenvalue weighted by molar-refractivity contribution is 5.80. The maximum Gasteiger partial charge on any atom is 0.309 e. The molecule has 0 aliphatic heterocycles. The topological polar surface area (TPSA) is 90.1 Å². The number of hydrogen-bond donors (Lipinski definition) is 1. The van der Waals surface area contributed by atoms with Gasteiger partial charge in [0.2, 0.25) is 5.91 Å². The predicted molar refractivity (Wildman–Crippen MR) is 61.6 cm³/mol. The van der Waals surface area contributed by atoms with Gasteiger partial charge in [-0.2, -0.15) is 5.10 Å². The van der Waals surface area contributed by atoms with E-state index in [4.69, 9.17) is 0 Å². The average Bonchev–Trinajstić information content (AvgIpc) is 2.58. The maximum atomic E-state index is 11.7. The first-order chi connectivity index (χ1) is 7.82. The van der Waals surface area contributed by atoms with Crippen molar-refractivity contribution in [2.75, 3.05) is 0 Å². The van der Waals surface area contributed by atoms with Crippen LogP contribution >= 0.6 is 0 Å². The number of aromatic nitrogens is 2. The summed E-state index contributed by atoms with van der Waals surface area (Å²) in [6.45, 7) is 6.89. The van der Waals surface area contributed by atoms with E-state index in [1.807, 2.05) is 13.8 Å². The number of amides is 1. The highest BCUT2D eigenvalue weighted by atomic mass is 16.6. The monoisotopic (exact) mass is 240 g/mol. The molecule has 0 bridgehead atoms. The smallest absolute Gasteiger partial charge is 0.309 e. The van der Waals surface area contributed by atoms with Crippen LogP contribution in [0.5, 0.6) is 0 Å². The van der Waals surface area contributed by atoms with E-state index in [0.717, 1.165) is 0 Å². The SMILES string of the molecule is Cc1nn(C(C)C(=O)NC(C)C)cc1[N+](=O)[O-]. The lowest BCUT2D eigenvalue weighted by Crippen LogP contribution is -2.35.